The lowest BCUT2D eigenvalue weighted by Crippen LogP contribution is -2.32. The number of rotatable bonds is 2. The van der Waals surface area contributed by atoms with Crippen molar-refractivity contribution in [3.63, 3.8) is 0 Å². The Kier molecular flexibility index (Phi) is 3.29. The lowest BCUT2D eigenvalue weighted by atomic mass is 10.1. The maximum atomic E-state index is 14.6. The highest BCUT2D eigenvalue weighted by atomic mass is 35.5. The molecule has 1 saturated heterocycles. The van der Waals surface area contributed by atoms with Crippen molar-refractivity contribution < 1.29 is 9.50 Å². The highest BCUT2D eigenvalue weighted by Gasteiger charge is 2.27. The molecule has 1 aliphatic rings. The van der Waals surface area contributed by atoms with Gasteiger partial charge in [-0.3, -0.25) is 4.98 Å². The molecular formula is C14H14ClFN2O. The van der Waals surface area contributed by atoms with Crippen LogP contribution in [0.1, 0.15) is 12.8 Å². The van der Waals surface area contributed by atoms with Gasteiger partial charge in [-0.25, -0.2) is 4.39 Å². The highest BCUT2D eigenvalue weighted by Crippen LogP contribution is 2.33. The van der Waals surface area contributed by atoms with E-state index in [9.17, 15) is 9.50 Å². The zero-order valence-electron chi connectivity index (χ0n) is 10.3. The molecule has 0 unspecified atom stereocenters. The van der Waals surface area contributed by atoms with E-state index in [4.69, 9.17) is 11.6 Å². The van der Waals surface area contributed by atoms with Crippen LogP contribution in [-0.4, -0.2) is 29.3 Å². The number of hydrogen-bond donors (Lipinski definition) is 1. The summed E-state index contributed by atoms with van der Waals surface area (Å²) in [5, 5.41) is 10.5. The number of anilines is 1. The molecule has 1 aromatic heterocycles. The number of hydrogen-bond acceptors (Lipinski definition) is 3. The summed E-state index contributed by atoms with van der Waals surface area (Å²) in [5.74, 6) is -0.361. The van der Waals surface area contributed by atoms with Crippen LogP contribution in [0.15, 0.2) is 24.4 Å². The van der Waals surface area contributed by atoms with Gasteiger partial charge in [0.1, 0.15) is 5.52 Å². The second-order valence-electron chi connectivity index (χ2n) is 4.76. The van der Waals surface area contributed by atoms with Gasteiger partial charge >= 0.3 is 0 Å². The van der Waals surface area contributed by atoms with Crippen molar-refractivity contribution in [3.8, 4) is 0 Å². The van der Waals surface area contributed by atoms with Crippen LogP contribution in [-0.2, 0) is 0 Å². The summed E-state index contributed by atoms with van der Waals surface area (Å²) < 4.78 is 14.6. The molecule has 2 heterocycles. The first-order valence-electron chi connectivity index (χ1n) is 6.32. The van der Waals surface area contributed by atoms with Gasteiger partial charge in [0.05, 0.1) is 23.4 Å². The standard InChI is InChI=1S/C14H14ClFN2O/c15-11-5-6-17-14-10(11)3-4-12(13(14)16)18-7-1-2-9(18)8-19/h3-6,9,19H,1-2,7-8H2/t9-/m1/s1. The Balaban J connectivity index is 2.13. The van der Waals surface area contributed by atoms with Gasteiger partial charge < -0.3 is 10.0 Å². The number of aliphatic hydroxyl groups excluding tert-OH is 1. The fraction of sp³-hybridized carbons (Fsp3) is 0.357. The van der Waals surface area contributed by atoms with Gasteiger partial charge in [0.2, 0.25) is 0 Å². The third kappa shape index (κ3) is 2.05. The van der Waals surface area contributed by atoms with E-state index < -0.39 is 0 Å². The topological polar surface area (TPSA) is 36.4 Å². The minimum atomic E-state index is -0.361. The van der Waals surface area contributed by atoms with E-state index >= 15 is 0 Å². The fourth-order valence-electron chi connectivity index (χ4n) is 2.70. The van der Waals surface area contributed by atoms with E-state index in [-0.39, 0.29) is 24.0 Å². The molecule has 1 atom stereocenters. The molecule has 0 radical (unpaired) electrons. The number of fused-ring (bicyclic) bond motifs is 1. The van der Waals surface area contributed by atoms with Crippen LogP contribution in [0.25, 0.3) is 10.9 Å². The Morgan fingerprint density at radius 3 is 3.05 bits per heavy atom. The second kappa shape index (κ2) is 4.94. The molecule has 1 aromatic carbocycles. The van der Waals surface area contributed by atoms with Crippen LogP contribution in [0.5, 0.6) is 0 Å². The normalized spacial score (nSPS) is 19.3. The number of nitrogens with zero attached hydrogens (tertiary/aromatic N) is 2. The van der Waals surface area contributed by atoms with Gasteiger partial charge in [-0.1, -0.05) is 11.6 Å². The van der Waals surface area contributed by atoms with E-state index in [1.54, 1.807) is 18.2 Å². The minimum Gasteiger partial charge on any atom is -0.394 e. The zero-order valence-corrected chi connectivity index (χ0v) is 11.1. The number of halogens is 2. The monoisotopic (exact) mass is 280 g/mol. The minimum absolute atomic E-state index is 0.00821. The van der Waals surface area contributed by atoms with Crippen LogP contribution in [0, 0.1) is 5.82 Å². The molecule has 19 heavy (non-hydrogen) atoms. The highest BCUT2D eigenvalue weighted by molar-refractivity contribution is 6.35. The predicted octanol–water partition coefficient (Wildman–Crippen LogP) is 2.99. The Bertz CT molecular complexity index is 620. The summed E-state index contributed by atoms with van der Waals surface area (Å²) in [6, 6.07) is 5.15. The van der Waals surface area contributed by atoms with Gasteiger partial charge in [-0.2, -0.15) is 0 Å². The van der Waals surface area contributed by atoms with Crippen molar-refractivity contribution >= 4 is 28.2 Å². The average molecular weight is 281 g/mol. The van der Waals surface area contributed by atoms with Gasteiger partial charge in [-0.05, 0) is 31.0 Å². The Labute approximate surface area is 115 Å². The molecule has 2 aromatic rings. The second-order valence-corrected chi connectivity index (χ2v) is 5.17. The predicted molar refractivity (Wildman–Crippen MR) is 74.2 cm³/mol. The van der Waals surface area contributed by atoms with Crippen LogP contribution >= 0.6 is 11.6 Å². The molecule has 5 heteroatoms. The number of benzene rings is 1. The zero-order chi connectivity index (χ0) is 13.4. The van der Waals surface area contributed by atoms with Crippen molar-refractivity contribution in [1.29, 1.82) is 0 Å². The Morgan fingerprint density at radius 2 is 2.26 bits per heavy atom. The Hall–Kier alpha value is -1.39. The lowest BCUT2D eigenvalue weighted by molar-refractivity contribution is 0.266. The summed E-state index contributed by atoms with van der Waals surface area (Å²) in [6.07, 6.45) is 3.35. The molecule has 1 N–H and O–H groups in total. The maximum Gasteiger partial charge on any atom is 0.172 e. The quantitative estimate of drug-likeness (QED) is 0.919. The average Bonchev–Trinajstić information content (AvgIpc) is 2.88. The van der Waals surface area contributed by atoms with E-state index in [0.717, 1.165) is 19.4 Å². The third-order valence-corrected chi connectivity index (χ3v) is 4.00. The fourth-order valence-corrected chi connectivity index (χ4v) is 2.91. The van der Waals surface area contributed by atoms with Crippen molar-refractivity contribution in [3.05, 3.63) is 35.2 Å². The summed E-state index contributed by atoms with van der Waals surface area (Å²) >= 11 is 6.04. The van der Waals surface area contributed by atoms with Crippen molar-refractivity contribution in [2.24, 2.45) is 0 Å². The summed E-state index contributed by atoms with van der Waals surface area (Å²) in [6.45, 7) is 0.800. The molecule has 3 rings (SSSR count). The molecule has 100 valence electrons. The first-order valence-corrected chi connectivity index (χ1v) is 6.70. The molecule has 0 amide bonds. The van der Waals surface area contributed by atoms with Crippen LogP contribution < -0.4 is 4.90 Å². The van der Waals surface area contributed by atoms with E-state index in [2.05, 4.69) is 4.98 Å². The van der Waals surface area contributed by atoms with Crippen molar-refractivity contribution in [1.82, 2.24) is 4.98 Å². The largest absolute Gasteiger partial charge is 0.394 e. The molecular weight excluding hydrogens is 267 g/mol. The Morgan fingerprint density at radius 1 is 1.42 bits per heavy atom. The van der Waals surface area contributed by atoms with Crippen LogP contribution in [0.3, 0.4) is 0 Å². The SMILES string of the molecule is OC[C@H]1CCCN1c1ccc2c(Cl)ccnc2c1F. The molecule has 1 fully saturated rings. The number of aromatic nitrogens is 1. The molecule has 0 saturated carbocycles. The summed E-state index contributed by atoms with van der Waals surface area (Å²) in [5.41, 5.74) is 0.785. The van der Waals surface area contributed by atoms with E-state index in [1.165, 1.54) is 6.20 Å². The number of aliphatic hydroxyl groups is 1. The summed E-state index contributed by atoms with van der Waals surface area (Å²) in [4.78, 5) is 5.99. The molecule has 1 aliphatic heterocycles. The van der Waals surface area contributed by atoms with Gasteiger partial charge in [0, 0.05) is 18.1 Å². The lowest BCUT2D eigenvalue weighted by Gasteiger charge is -2.26. The van der Waals surface area contributed by atoms with Crippen molar-refractivity contribution in [2.75, 3.05) is 18.1 Å². The van der Waals surface area contributed by atoms with E-state index in [0.29, 0.717) is 16.1 Å². The molecule has 0 spiro atoms. The van der Waals surface area contributed by atoms with Crippen LogP contribution in [0.4, 0.5) is 10.1 Å². The maximum absolute atomic E-state index is 14.6. The smallest absolute Gasteiger partial charge is 0.172 e. The van der Waals surface area contributed by atoms with Gasteiger partial charge in [0.25, 0.3) is 0 Å². The first-order chi connectivity index (χ1) is 9.22. The molecule has 0 aliphatic carbocycles. The molecule has 3 nitrogen and oxygen atoms in total. The first kappa shape index (κ1) is 12.6. The number of pyridine rings is 1. The molecule has 0 bridgehead atoms. The van der Waals surface area contributed by atoms with Crippen LogP contribution in [0.2, 0.25) is 5.02 Å². The third-order valence-electron chi connectivity index (χ3n) is 3.67. The summed E-state index contributed by atoms with van der Waals surface area (Å²) in [7, 11) is 0. The van der Waals surface area contributed by atoms with E-state index in [1.807, 2.05) is 4.90 Å². The van der Waals surface area contributed by atoms with Crippen molar-refractivity contribution in [2.45, 2.75) is 18.9 Å². The van der Waals surface area contributed by atoms with Gasteiger partial charge in [-0.15, -0.1) is 0 Å². The van der Waals surface area contributed by atoms with Gasteiger partial charge in [0.15, 0.2) is 5.82 Å².